The van der Waals surface area contributed by atoms with Crippen LogP contribution in [0, 0.1) is 5.82 Å². The van der Waals surface area contributed by atoms with Crippen LogP contribution in [-0.4, -0.2) is 7.11 Å². The molecule has 19 heavy (non-hydrogen) atoms. The van der Waals surface area contributed by atoms with E-state index >= 15 is 0 Å². The summed E-state index contributed by atoms with van der Waals surface area (Å²) in [6.45, 7) is 0. The van der Waals surface area contributed by atoms with E-state index in [0.29, 0.717) is 17.7 Å². The third-order valence-electron chi connectivity index (χ3n) is 2.99. The van der Waals surface area contributed by atoms with E-state index in [1.54, 1.807) is 19.2 Å². The zero-order valence-electron chi connectivity index (χ0n) is 10.6. The van der Waals surface area contributed by atoms with Crippen molar-refractivity contribution >= 4 is 15.9 Å². The summed E-state index contributed by atoms with van der Waals surface area (Å²) in [7, 11) is 1.60. The molecule has 2 nitrogen and oxygen atoms in total. The highest BCUT2D eigenvalue weighted by molar-refractivity contribution is 9.10. The Morgan fingerprint density at radius 1 is 1.26 bits per heavy atom. The van der Waals surface area contributed by atoms with E-state index in [-0.39, 0.29) is 11.9 Å². The van der Waals surface area contributed by atoms with E-state index in [2.05, 4.69) is 15.9 Å². The summed E-state index contributed by atoms with van der Waals surface area (Å²) in [4.78, 5) is 0. The van der Waals surface area contributed by atoms with Gasteiger partial charge in [-0.25, -0.2) is 4.39 Å². The summed E-state index contributed by atoms with van der Waals surface area (Å²) < 4.78 is 19.9. The van der Waals surface area contributed by atoms with E-state index in [9.17, 15) is 4.39 Å². The van der Waals surface area contributed by atoms with Crippen LogP contribution in [0.25, 0.3) is 0 Å². The van der Waals surface area contributed by atoms with E-state index in [4.69, 9.17) is 10.5 Å². The highest BCUT2D eigenvalue weighted by Gasteiger charge is 2.14. The number of benzene rings is 2. The Kier molecular flexibility index (Phi) is 4.56. The lowest BCUT2D eigenvalue weighted by atomic mass is 9.98. The molecule has 2 N–H and O–H groups in total. The molecule has 0 bridgehead atoms. The normalized spacial score (nSPS) is 12.2. The molecule has 0 saturated heterocycles. The van der Waals surface area contributed by atoms with Gasteiger partial charge in [0.15, 0.2) is 0 Å². The Hall–Kier alpha value is -1.39. The van der Waals surface area contributed by atoms with Crippen LogP contribution in [0.3, 0.4) is 0 Å². The molecular weight excluding hydrogens is 309 g/mol. The van der Waals surface area contributed by atoms with Gasteiger partial charge < -0.3 is 10.5 Å². The first kappa shape index (κ1) is 14.0. The number of hydrogen-bond acceptors (Lipinski definition) is 2. The van der Waals surface area contributed by atoms with Gasteiger partial charge >= 0.3 is 0 Å². The van der Waals surface area contributed by atoms with Crippen molar-refractivity contribution < 1.29 is 9.13 Å². The number of hydrogen-bond donors (Lipinski definition) is 1. The monoisotopic (exact) mass is 323 g/mol. The predicted molar refractivity (Wildman–Crippen MR) is 77.7 cm³/mol. The van der Waals surface area contributed by atoms with Crippen molar-refractivity contribution in [1.29, 1.82) is 0 Å². The maximum atomic E-state index is 13.6. The maximum Gasteiger partial charge on any atom is 0.126 e. The molecule has 2 aromatic rings. The van der Waals surface area contributed by atoms with E-state index in [1.165, 1.54) is 6.07 Å². The molecule has 0 aliphatic carbocycles. The van der Waals surface area contributed by atoms with Crippen LogP contribution < -0.4 is 10.5 Å². The maximum absolute atomic E-state index is 13.6. The number of ether oxygens (including phenoxy) is 1. The van der Waals surface area contributed by atoms with Crippen LogP contribution >= 0.6 is 15.9 Å². The van der Waals surface area contributed by atoms with Crippen molar-refractivity contribution in [1.82, 2.24) is 0 Å². The first-order chi connectivity index (χ1) is 9.11. The van der Waals surface area contributed by atoms with Gasteiger partial charge in [-0.2, -0.15) is 0 Å². The van der Waals surface area contributed by atoms with Crippen LogP contribution in [0.4, 0.5) is 4.39 Å². The minimum Gasteiger partial charge on any atom is -0.496 e. The molecule has 0 aromatic heterocycles. The lowest BCUT2D eigenvalue weighted by molar-refractivity contribution is 0.405. The molecule has 0 heterocycles. The highest BCUT2D eigenvalue weighted by Crippen LogP contribution is 2.29. The first-order valence-electron chi connectivity index (χ1n) is 5.94. The molecule has 0 radical (unpaired) electrons. The third kappa shape index (κ3) is 3.33. The van der Waals surface area contributed by atoms with Gasteiger partial charge in [-0.15, -0.1) is 0 Å². The van der Waals surface area contributed by atoms with Crippen molar-refractivity contribution in [2.75, 3.05) is 7.11 Å². The van der Waals surface area contributed by atoms with E-state index < -0.39 is 0 Å². The van der Waals surface area contributed by atoms with Crippen molar-refractivity contribution in [2.45, 2.75) is 12.5 Å². The molecule has 2 aromatic carbocycles. The fourth-order valence-electron chi connectivity index (χ4n) is 2.00. The SMILES string of the molecule is COc1cc(Br)ccc1C(N)Cc1ccccc1F. The number of rotatable bonds is 4. The minimum absolute atomic E-state index is 0.228. The van der Waals surface area contributed by atoms with Gasteiger partial charge in [-0.3, -0.25) is 0 Å². The van der Waals surface area contributed by atoms with E-state index in [0.717, 1.165) is 10.0 Å². The average molecular weight is 324 g/mol. The summed E-state index contributed by atoms with van der Waals surface area (Å²) in [5.74, 6) is 0.479. The molecule has 4 heteroatoms. The van der Waals surface area contributed by atoms with Crippen molar-refractivity contribution in [3.05, 3.63) is 63.9 Å². The topological polar surface area (TPSA) is 35.2 Å². The predicted octanol–water partition coefficient (Wildman–Crippen LogP) is 3.84. The van der Waals surface area contributed by atoms with E-state index in [1.807, 2.05) is 24.3 Å². The quantitative estimate of drug-likeness (QED) is 0.927. The summed E-state index contributed by atoms with van der Waals surface area (Å²) in [5, 5.41) is 0. The zero-order chi connectivity index (χ0) is 13.8. The molecular formula is C15H15BrFNO. The fourth-order valence-corrected chi connectivity index (χ4v) is 2.34. The minimum atomic E-state index is -0.306. The van der Waals surface area contributed by atoms with Gasteiger partial charge in [0.2, 0.25) is 0 Å². The van der Waals surface area contributed by atoms with Crippen molar-refractivity contribution in [2.24, 2.45) is 5.73 Å². The Bertz CT molecular complexity index is 574. The second kappa shape index (κ2) is 6.17. The molecule has 2 rings (SSSR count). The summed E-state index contributed by atoms with van der Waals surface area (Å²) >= 11 is 3.38. The van der Waals surface area contributed by atoms with Gasteiger partial charge in [-0.05, 0) is 30.2 Å². The Labute approximate surface area is 120 Å². The van der Waals surface area contributed by atoms with Crippen LogP contribution in [0.2, 0.25) is 0 Å². The molecule has 0 saturated carbocycles. The van der Waals surface area contributed by atoms with Gasteiger partial charge in [0, 0.05) is 16.1 Å². The standard InChI is InChI=1S/C15H15BrFNO/c1-19-15-9-11(16)6-7-12(15)14(18)8-10-4-2-3-5-13(10)17/h2-7,9,14H,8,18H2,1H3. The number of halogens is 2. The molecule has 0 spiro atoms. The Balaban J connectivity index is 2.25. The molecule has 100 valence electrons. The van der Waals surface area contributed by atoms with Crippen LogP contribution in [0.1, 0.15) is 17.2 Å². The van der Waals surface area contributed by atoms with Crippen LogP contribution in [0.15, 0.2) is 46.9 Å². The second-order valence-electron chi connectivity index (χ2n) is 4.29. The highest BCUT2D eigenvalue weighted by atomic mass is 79.9. The molecule has 0 aliphatic heterocycles. The first-order valence-corrected chi connectivity index (χ1v) is 6.73. The van der Waals surface area contributed by atoms with Gasteiger partial charge in [0.25, 0.3) is 0 Å². The molecule has 0 amide bonds. The van der Waals surface area contributed by atoms with Crippen molar-refractivity contribution in [3.63, 3.8) is 0 Å². The molecule has 1 unspecified atom stereocenters. The summed E-state index contributed by atoms with van der Waals surface area (Å²) in [6, 6.07) is 12.0. The summed E-state index contributed by atoms with van der Waals surface area (Å²) in [5.41, 5.74) is 7.64. The number of nitrogens with two attached hydrogens (primary N) is 1. The van der Waals surface area contributed by atoms with Gasteiger partial charge in [0.05, 0.1) is 7.11 Å². The smallest absolute Gasteiger partial charge is 0.126 e. The largest absolute Gasteiger partial charge is 0.496 e. The number of methoxy groups -OCH3 is 1. The zero-order valence-corrected chi connectivity index (χ0v) is 12.2. The van der Waals surface area contributed by atoms with Gasteiger partial charge in [0.1, 0.15) is 11.6 Å². The average Bonchev–Trinajstić information content (AvgIpc) is 2.41. The summed E-state index contributed by atoms with van der Waals surface area (Å²) in [6.07, 6.45) is 0.435. The van der Waals surface area contributed by atoms with Crippen molar-refractivity contribution in [3.8, 4) is 5.75 Å². The van der Waals surface area contributed by atoms with Gasteiger partial charge in [-0.1, -0.05) is 40.2 Å². The molecule has 0 fully saturated rings. The fraction of sp³-hybridized carbons (Fsp3) is 0.200. The van der Waals surface area contributed by atoms with Crippen LogP contribution in [-0.2, 0) is 6.42 Å². The Morgan fingerprint density at radius 3 is 2.68 bits per heavy atom. The third-order valence-corrected chi connectivity index (χ3v) is 3.49. The lowest BCUT2D eigenvalue weighted by Crippen LogP contribution is -2.15. The Morgan fingerprint density at radius 2 is 2.00 bits per heavy atom. The lowest BCUT2D eigenvalue weighted by Gasteiger charge is -2.16. The molecule has 1 atom stereocenters. The second-order valence-corrected chi connectivity index (χ2v) is 5.20. The molecule has 0 aliphatic rings. The van der Waals surface area contributed by atoms with Crippen LogP contribution in [0.5, 0.6) is 5.75 Å².